The van der Waals surface area contributed by atoms with Gasteiger partial charge in [0.15, 0.2) is 5.82 Å². The van der Waals surface area contributed by atoms with Crippen LogP contribution in [0, 0.1) is 12.8 Å². The Labute approximate surface area is 222 Å². The van der Waals surface area contributed by atoms with Crippen molar-refractivity contribution in [2.75, 3.05) is 41.8 Å². The van der Waals surface area contributed by atoms with E-state index in [2.05, 4.69) is 9.88 Å². The van der Waals surface area contributed by atoms with E-state index in [1.165, 1.54) is 13.2 Å². The molecule has 6 rings (SSSR count). The third-order valence-electron chi connectivity index (χ3n) is 8.69. The number of halogens is 2. The van der Waals surface area contributed by atoms with Crippen molar-refractivity contribution >= 4 is 27.1 Å². The van der Waals surface area contributed by atoms with Gasteiger partial charge in [0.2, 0.25) is 5.91 Å². The minimum absolute atomic E-state index is 0.113. The predicted octanol–water partition coefficient (Wildman–Crippen LogP) is 3.73. The first-order chi connectivity index (χ1) is 18.0. The molecular formula is C27H34F2N5O3S-. The van der Waals surface area contributed by atoms with E-state index in [-0.39, 0.29) is 35.6 Å². The van der Waals surface area contributed by atoms with Gasteiger partial charge in [-0.2, -0.15) is 9.72 Å². The molecule has 4 aliphatic rings. The molecule has 11 heteroatoms. The van der Waals surface area contributed by atoms with Crippen LogP contribution < -0.4 is 8.61 Å². The third-order valence-corrected chi connectivity index (χ3v) is 12.1. The second-order valence-electron chi connectivity index (χ2n) is 11.2. The quantitative estimate of drug-likeness (QED) is 0.552. The SMILES string of the molecule is Cc1ccc(CN2CCC(N3CCCC3=O)CC2)cc1S1(=O)([O-])N(C)c2ncccc2N1CC1CC1(F)F. The monoisotopic (exact) mass is 546 g/mol. The van der Waals surface area contributed by atoms with Crippen LogP contribution in [-0.2, 0) is 21.1 Å². The Morgan fingerprint density at radius 1 is 1.18 bits per heavy atom. The normalized spacial score (nSPS) is 27.3. The van der Waals surface area contributed by atoms with Crippen molar-refractivity contribution in [1.29, 1.82) is 0 Å². The second kappa shape index (κ2) is 8.69. The van der Waals surface area contributed by atoms with Crippen molar-refractivity contribution in [3.8, 4) is 0 Å². The number of hydrogen-bond donors (Lipinski definition) is 0. The van der Waals surface area contributed by atoms with E-state index in [0.717, 1.165) is 53.1 Å². The molecule has 1 atom stereocenters. The molecule has 4 heterocycles. The van der Waals surface area contributed by atoms with Crippen molar-refractivity contribution in [3.05, 3.63) is 47.7 Å². The number of amides is 1. The zero-order chi connectivity index (χ0) is 26.9. The molecule has 2 aromatic rings. The fraction of sp³-hybridized carbons (Fsp3) is 0.556. The molecule has 1 amide bonds. The van der Waals surface area contributed by atoms with Crippen molar-refractivity contribution in [2.24, 2.45) is 5.92 Å². The summed E-state index contributed by atoms with van der Waals surface area (Å²) in [6.07, 6.45) is 4.58. The highest BCUT2D eigenvalue weighted by atomic mass is 32.3. The number of piperidine rings is 1. The highest BCUT2D eigenvalue weighted by Gasteiger charge is 2.59. The van der Waals surface area contributed by atoms with Gasteiger partial charge in [-0.3, -0.25) is 18.3 Å². The summed E-state index contributed by atoms with van der Waals surface area (Å²) in [7, 11) is -3.78. The maximum absolute atomic E-state index is 14.9. The van der Waals surface area contributed by atoms with Crippen molar-refractivity contribution in [2.45, 2.75) is 62.4 Å². The summed E-state index contributed by atoms with van der Waals surface area (Å²) in [5, 5.41) is 0. The third kappa shape index (κ3) is 3.93. The number of alkyl halides is 2. The summed E-state index contributed by atoms with van der Waals surface area (Å²) in [4.78, 5) is 20.9. The minimum atomic E-state index is -5.24. The number of rotatable bonds is 6. The number of hydrogen-bond acceptors (Lipinski definition) is 5. The van der Waals surface area contributed by atoms with E-state index in [1.807, 2.05) is 11.0 Å². The van der Waals surface area contributed by atoms with Gasteiger partial charge in [-0.25, -0.2) is 18.0 Å². The zero-order valence-corrected chi connectivity index (χ0v) is 22.6. The number of sulfonamides is 2. The molecule has 0 bridgehead atoms. The molecule has 3 fully saturated rings. The van der Waals surface area contributed by atoms with Crippen LogP contribution in [0.3, 0.4) is 0 Å². The highest BCUT2D eigenvalue weighted by Crippen LogP contribution is 2.57. The summed E-state index contributed by atoms with van der Waals surface area (Å²) in [5.41, 5.74) is 1.73. The van der Waals surface area contributed by atoms with Gasteiger partial charge in [-0.1, -0.05) is 12.1 Å². The first-order valence-electron chi connectivity index (χ1n) is 13.3. The number of aromatic nitrogens is 1. The Morgan fingerprint density at radius 2 is 1.92 bits per heavy atom. The average molecular weight is 547 g/mol. The van der Waals surface area contributed by atoms with Crippen LogP contribution in [0.5, 0.6) is 0 Å². The van der Waals surface area contributed by atoms with Gasteiger partial charge >= 0.3 is 0 Å². The van der Waals surface area contributed by atoms with Crippen molar-refractivity contribution in [3.63, 3.8) is 0 Å². The van der Waals surface area contributed by atoms with E-state index in [0.29, 0.717) is 24.2 Å². The standard InChI is InChI=1S/C27H35F2N5O3S/c1-19-7-8-20(17-32-13-9-22(10-14-32)33-12-4-6-25(33)35)15-24(19)38(36,37)31(2)26-23(5-3-11-30-26)34(38)18-21-16-27(21,28)29/h3,5,7-8,11,15,21-22H,4,6,9-10,12-14,16-18H2,1-2H3,(H,36,37)/p-1. The van der Waals surface area contributed by atoms with Crippen LogP contribution in [0.2, 0.25) is 0 Å². The minimum Gasteiger partial charge on any atom is -0.732 e. The number of aryl methyl sites for hydroxylation is 1. The summed E-state index contributed by atoms with van der Waals surface area (Å²) < 4.78 is 60.1. The second-order valence-corrected chi connectivity index (χ2v) is 14.2. The van der Waals surface area contributed by atoms with Gasteiger partial charge in [0.1, 0.15) is 0 Å². The van der Waals surface area contributed by atoms with Gasteiger partial charge < -0.3 is 9.45 Å². The number of carbonyl (C=O) groups is 1. The lowest BCUT2D eigenvalue weighted by atomic mass is 10.0. The molecule has 0 N–H and O–H groups in total. The largest absolute Gasteiger partial charge is 0.732 e. The number of anilines is 2. The molecule has 1 saturated carbocycles. The molecule has 1 aromatic heterocycles. The van der Waals surface area contributed by atoms with Crippen LogP contribution in [0.4, 0.5) is 20.3 Å². The smallest absolute Gasteiger partial charge is 0.253 e. The van der Waals surface area contributed by atoms with Crippen LogP contribution in [0.25, 0.3) is 0 Å². The molecule has 38 heavy (non-hydrogen) atoms. The van der Waals surface area contributed by atoms with Crippen LogP contribution in [0.15, 0.2) is 41.4 Å². The molecule has 8 nitrogen and oxygen atoms in total. The van der Waals surface area contributed by atoms with Crippen LogP contribution in [0.1, 0.15) is 43.2 Å². The highest BCUT2D eigenvalue weighted by molar-refractivity contribution is 8.17. The molecule has 2 saturated heterocycles. The number of benzene rings is 1. The van der Waals surface area contributed by atoms with Gasteiger partial charge in [0, 0.05) is 70.8 Å². The Balaban J connectivity index is 1.28. The number of pyridine rings is 1. The number of carbonyl (C=O) groups excluding carboxylic acids is 1. The fourth-order valence-electron chi connectivity index (χ4n) is 6.29. The van der Waals surface area contributed by atoms with E-state index >= 15 is 0 Å². The predicted molar refractivity (Wildman–Crippen MR) is 141 cm³/mol. The Morgan fingerprint density at radius 3 is 2.58 bits per heavy atom. The fourth-order valence-corrected chi connectivity index (χ4v) is 9.46. The summed E-state index contributed by atoms with van der Waals surface area (Å²) >= 11 is 0. The maximum Gasteiger partial charge on any atom is 0.253 e. The van der Waals surface area contributed by atoms with Gasteiger partial charge in [-0.05, 0) is 55.5 Å². The summed E-state index contributed by atoms with van der Waals surface area (Å²) in [5.74, 6) is -3.38. The van der Waals surface area contributed by atoms with E-state index in [4.69, 9.17) is 0 Å². The molecule has 206 valence electrons. The first kappa shape index (κ1) is 25.6. The van der Waals surface area contributed by atoms with Gasteiger partial charge in [0.25, 0.3) is 5.92 Å². The number of likely N-dealkylation sites (tertiary alicyclic amines) is 2. The topological polar surface area (TPSA) is 83.0 Å². The molecule has 3 aliphatic heterocycles. The van der Waals surface area contributed by atoms with Crippen LogP contribution >= 0.6 is 0 Å². The summed E-state index contributed by atoms with van der Waals surface area (Å²) in [6.45, 7) is 4.52. The zero-order valence-electron chi connectivity index (χ0n) is 21.8. The Kier molecular flexibility index (Phi) is 5.86. The Hall–Kier alpha value is -2.63. The summed E-state index contributed by atoms with van der Waals surface area (Å²) in [6, 6.07) is 8.98. The molecule has 0 radical (unpaired) electrons. The Bertz CT molecular complexity index is 1350. The van der Waals surface area contributed by atoms with Crippen molar-refractivity contribution in [1.82, 2.24) is 14.8 Å². The first-order valence-corrected chi connectivity index (χ1v) is 15.2. The van der Waals surface area contributed by atoms with E-state index < -0.39 is 21.6 Å². The van der Waals surface area contributed by atoms with E-state index in [1.54, 1.807) is 31.2 Å². The number of nitrogens with zero attached hydrogens (tertiary/aromatic N) is 5. The maximum atomic E-state index is 14.9. The van der Waals surface area contributed by atoms with Crippen LogP contribution in [-0.4, -0.2) is 74.6 Å². The van der Waals surface area contributed by atoms with Crippen molar-refractivity contribution < 1.29 is 22.3 Å². The lowest BCUT2D eigenvalue weighted by Crippen LogP contribution is -2.58. The lowest BCUT2D eigenvalue weighted by molar-refractivity contribution is -0.130. The molecule has 1 unspecified atom stereocenters. The average Bonchev–Trinajstić information content (AvgIpc) is 3.19. The molecule has 1 aromatic carbocycles. The molecule has 0 spiro atoms. The molecular weight excluding hydrogens is 512 g/mol. The van der Waals surface area contributed by atoms with Gasteiger partial charge in [0.05, 0.1) is 10.6 Å². The molecule has 1 aliphatic carbocycles. The number of fused-ring (bicyclic) bond motifs is 1. The van der Waals surface area contributed by atoms with Gasteiger partial charge in [-0.15, -0.1) is 0 Å². The van der Waals surface area contributed by atoms with E-state index in [9.17, 15) is 22.3 Å². The lowest BCUT2D eigenvalue weighted by Gasteiger charge is -2.62.